The van der Waals surface area contributed by atoms with Crippen LogP contribution in [-0.2, 0) is 6.54 Å². The smallest absolute Gasteiger partial charge is 0.289 e. The summed E-state index contributed by atoms with van der Waals surface area (Å²) in [5.74, 6) is 1.16. The molecule has 0 saturated carbocycles. The molecule has 3 aromatic rings. The van der Waals surface area contributed by atoms with Crippen molar-refractivity contribution in [2.45, 2.75) is 20.4 Å². The van der Waals surface area contributed by atoms with Gasteiger partial charge in [0.2, 0.25) is 5.76 Å². The molecule has 0 atom stereocenters. The third kappa shape index (κ3) is 2.84. The Morgan fingerprint density at radius 1 is 1.38 bits per heavy atom. The minimum absolute atomic E-state index is 0.160. The minimum Gasteiger partial charge on any atom is -0.436 e. The van der Waals surface area contributed by atoms with Gasteiger partial charge in [-0.3, -0.25) is 4.79 Å². The van der Waals surface area contributed by atoms with E-state index in [4.69, 9.17) is 8.94 Å². The van der Waals surface area contributed by atoms with Gasteiger partial charge in [-0.1, -0.05) is 11.2 Å². The van der Waals surface area contributed by atoms with Gasteiger partial charge in [0.25, 0.3) is 11.8 Å². The first-order valence-corrected chi connectivity index (χ1v) is 7.10. The van der Waals surface area contributed by atoms with Gasteiger partial charge in [-0.25, -0.2) is 4.98 Å². The van der Waals surface area contributed by atoms with Gasteiger partial charge in [0, 0.05) is 6.92 Å². The van der Waals surface area contributed by atoms with Crippen LogP contribution in [0.1, 0.15) is 28.0 Å². The largest absolute Gasteiger partial charge is 0.436 e. The van der Waals surface area contributed by atoms with E-state index in [0.29, 0.717) is 23.3 Å². The number of rotatable bonds is 4. The van der Waals surface area contributed by atoms with Gasteiger partial charge in [0.1, 0.15) is 0 Å². The number of amides is 1. The lowest BCUT2D eigenvalue weighted by molar-refractivity contribution is 0.0919. The predicted octanol–water partition coefficient (Wildman–Crippen LogP) is 2.33. The van der Waals surface area contributed by atoms with E-state index in [0.717, 1.165) is 4.88 Å². The predicted molar refractivity (Wildman–Crippen MR) is 74.8 cm³/mol. The van der Waals surface area contributed by atoms with E-state index in [9.17, 15) is 4.79 Å². The van der Waals surface area contributed by atoms with Crippen LogP contribution in [0.25, 0.3) is 10.8 Å². The van der Waals surface area contributed by atoms with E-state index in [1.807, 2.05) is 17.5 Å². The van der Waals surface area contributed by atoms with Crippen LogP contribution in [-0.4, -0.2) is 21.0 Å². The summed E-state index contributed by atoms with van der Waals surface area (Å²) in [5.41, 5.74) is 0.553. The normalized spacial score (nSPS) is 10.8. The first kappa shape index (κ1) is 13.5. The van der Waals surface area contributed by atoms with E-state index < -0.39 is 0 Å². The Morgan fingerprint density at radius 2 is 2.24 bits per heavy atom. The van der Waals surface area contributed by atoms with Gasteiger partial charge in [0.05, 0.1) is 17.1 Å². The molecule has 3 rings (SSSR count). The zero-order valence-electron chi connectivity index (χ0n) is 11.4. The van der Waals surface area contributed by atoms with Crippen LogP contribution in [0.2, 0.25) is 0 Å². The number of nitrogens with one attached hydrogen (secondary N) is 1. The molecule has 0 radical (unpaired) electrons. The van der Waals surface area contributed by atoms with E-state index >= 15 is 0 Å². The first-order chi connectivity index (χ1) is 10.1. The van der Waals surface area contributed by atoms with Gasteiger partial charge in [-0.15, -0.1) is 11.3 Å². The van der Waals surface area contributed by atoms with Crippen LogP contribution >= 0.6 is 11.3 Å². The number of carbonyl (C=O) groups is 1. The lowest BCUT2D eigenvalue weighted by atomic mass is 10.3. The number of aryl methyl sites for hydroxylation is 2. The van der Waals surface area contributed by atoms with Gasteiger partial charge in [-0.05, 0) is 18.4 Å². The molecule has 0 aliphatic heterocycles. The highest BCUT2D eigenvalue weighted by Gasteiger charge is 2.17. The molecule has 1 N–H and O–H groups in total. The van der Waals surface area contributed by atoms with E-state index in [-0.39, 0.29) is 18.2 Å². The molecule has 0 unspecified atom stereocenters. The standard InChI is InChI=1S/C13H12N4O3S/c1-7-11(19-8(2)15-7)12(18)14-6-10-16-13(20-17-10)9-4-3-5-21-9/h3-5H,6H2,1-2H3,(H,14,18). The molecule has 7 nitrogen and oxygen atoms in total. The Morgan fingerprint density at radius 3 is 2.90 bits per heavy atom. The van der Waals surface area contributed by atoms with Crippen molar-refractivity contribution in [1.82, 2.24) is 20.4 Å². The zero-order valence-corrected chi connectivity index (χ0v) is 12.2. The number of oxazole rings is 1. The number of carbonyl (C=O) groups excluding carboxylic acids is 1. The molecule has 0 aromatic carbocycles. The molecule has 21 heavy (non-hydrogen) atoms. The maximum absolute atomic E-state index is 12.0. The Hall–Kier alpha value is -2.48. The monoisotopic (exact) mass is 304 g/mol. The van der Waals surface area contributed by atoms with Crippen LogP contribution < -0.4 is 5.32 Å². The van der Waals surface area contributed by atoms with Crippen LogP contribution in [0.3, 0.4) is 0 Å². The zero-order chi connectivity index (χ0) is 14.8. The fourth-order valence-electron chi connectivity index (χ4n) is 1.81. The molecular weight excluding hydrogens is 292 g/mol. The maximum atomic E-state index is 12.0. The molecular formula is C13H12N4O3S. The second-order valence-corrected chi connectivity index (χ2v) is 5.27. The van der Waals surface area contributed by atoms with Gasteiger partial charge in [0.15, 0.2) is 11.7 Å². The number of nitrogens with zero attached hydrogens (tertiary/aromatic N) is 3. The Kier molecular flexibility index (Phi) is 3.53. The SMILES string of the molecule is Cc1nc(C)c(C(=O)NCc2noc(-c3cccs3)n2)o1. The molecule has 108 valence electrons. The van der Waals surface area contributed by atoms with Gasteiger partial charge >= 0.3 is 0 Å². The highest BCUT2D eigenvalue weighted by atomic mass is 32.1. The van der Waals surface area contributed by atoms with Crippen molar-refractivity contribution >= 4 is 17.2 Å². The Labute approximate surface area is 124 Å². The fraction of sp³-hybridized carbons (Fsp3) is 0.231. The van der Waals surface area contributed by atoms with Crippen molar-refractivity contribution in [2.75, 3.05) is 0 Å². The average Bonchev–Trinajstić information content (AvgIpc) is 3.15. The number of hydrogen-bond acceptors (Lipinski definition) is 7. The molecule has 0 aliphatic rings. The maximum Gasteiger partial charge on any atom is 0.289 e. The van der Waals surface area contributed by atoms with Crippen molar-refractivity contribution in [3.63, 3.8) is 0 Å². The van der Waals surface area contributed by atoms with Crippen LogP contribution in [0.15, 0.2) is 26.5 Å². The third-order valence-electron chi connectivity index (χ3n) is 2.72. The summed E-state index contributed by atoms with van der Waals surface area (Å²) in [5, 5.41) is 8.43. The molecule has 8 heteroatoms. The number of thiophene rings is 1. The topological polar surface area (TPSA) is 94.1 Å². The number of aromatic nitrogens is 3. The van der Waals surface area contributed by atoms with Crippen LogP contribution in [0.4, 0.5) is 0 Å². The second kappa shape index (κ2) is 5.49. The van der Waals surface area contributed by atoms with E-state index in [1.165, 1.54) is 11.3 Å². The van der Waals surface area contributed by atoms with E-state index in [2.05, 4.69) is 20.4 Å². The molecule has 0 bridgehead atoms. The van der Waals surface area contributed by atoms with Crippen LogP contribution in [0, 0.1) is 13.8 Å². The first-order valence-electron chi connectivity index (χ1n) is 6.22. The van der Waals surface area contributed by atoms with Gasteiger partial charge in [-0.2, -0.15) is 4.98 Å². The number of hydrogen-bond donors (Lipinski definition) is 1. The fourth-order valence-corrected chi connectivity index (χ4v) is 2.45. The highest BCUT2D eigenvalue weighted by Crippen LogP contribution is 2.22. The van der Waals surface area contributed by atoms with Crippen molar-refractivity contribution in [2.24, 2.45) is 0 Å². The minimum atomic E-state index is -0.351. The summed E-state index contributed by atoms with van der Waals surface area (Å²) in [6.45, 7) is 3.57. The van der Waals surface area contributed by atoms with Crippen molar-refractivity contribution < 1.29 is 13.7 Å². The molecule has 0 saturated heterocycles. The second-order valence-electron chi connectivity index (χ2n) is 4.32. The van der Waals surface area contributed by atoms with Crippen molar-refractivity contribution in [1.29, 1.82) is 0 Å². The summed E-state index contributed by atoms with van der Waals surface area (Å²) in [7, 11) is 0. The summed E-state index contributed by atoms with van der Waals surface area (Å²) < 4.78 is 10.4. The summed E-state index contributed by atoms with van der Waals surface area (Å²) in [6, 6.07) is 3.79. The molecule has 0 fully saturated rings. The molecule has 3 heterocycles. The van der Waals surface area contributed by atoms with Crippen LogP contribution in [0.5, 0.6) is 0 Å². The lowest BCUT2D eigenvalue weighted by Crippen LogP contribution is -2.23. The van der Waals surface area contributed by atoms with Gasteiger partial charge < -0.3 is 14.3 Å². The van der Waals surface area contributed by atoms with Crippen molar-refractivity contribution in [3.8, 4) is 10.8 Å². The summed E-state index contributed by atoms with van der Waals surface area (Å²) in [6.07, 6.45) is 0. The van der Waals surface area contributed by atoms with E-state index in [1.54, 1.807) is 13.8 Å². The average molecular weight is 304 g/mol. The molecule has 1 amide bonds. The Bertz CT molecular complexity index is 760. The summed E-state index contributed by atoms with van der Waals surface area (Å²) in [4.78, 5) is 21.1. The summed E-state index contributed by atoms with van der Waals surface area (Å²) >= 11 is 1.51. The molecule has 3 aromatic heterocycles. The molecule has 0 spiro atoms. The lowest BCUT2D eigenvalue weighted by Gasteiger charge is -1.99. The Balaban J connectivity index is 1.65. The highest BCUT2D eigenvalue weighted by molar-refractivity contribution is 7.13. The quantitative estimate of drug-likeness (QED) is 0.795. The third-order valence-corrected chi connectivity index (χ3v) is 3.57. The molecule has 0 aliphatic carbocycles. The van der Waals surface area contributed by atoms with Crippen molar-refractivity contribution in [3.05, 3.63) is 40.7 Å².